The molecule has 2 bridgehead atoms. The molecule has 0 radical (unpaired) electrons. The Balaban J connectivity index is 0.00000196. The smallest absolute Gasteiger partial charge is 0.237 e. The molecule has 0 spiro atoms. The highest BCUT2D eigenvalue weighted by Crippen LogP contribution is 2.35. The summed E-state index contributed by atoms with van der Waals surface area (Å²) >= 11 is 1.58. The van der Waals surface area contributed by atoms with Crippen molar-refractivity contribution in [2.75, 3.05) is 24.2 Å². The van der Waals surface area contributed by atoms with Crippen molar-refractivity contribution in [1.29, 1.82) is 0 Å². The van der Waals surface area contributed by atoms with Gasteiger partial charge in [0.2, 0.25) is 11.8 Å². The lowest BCUT2D eigenvalue weighted by Crippen LogP contribution is -2.49. The predicted molar refractivity (Wildman–Crippen MR) is 107 cm³/mol. The number of fused-ring (bicyclic) bond motifs is 3. The maximum absolute atomic E-state index is 12.7. The van der Waals surface area contributed by atoms with Crippen LogP contribution in [0.1, 0.15) is 32.1 Å². The molecule has 1 aromatic carbocycles. The monoisotopic (exact) mass is 395 g/mol. The maximum Gasteiger partial charge on any atom is 0.237 e. The molecule has 3 aliphatic heterocycles. The molecule has 2 fully saturated rings. The average Bonchev–Trinajstić information content (AvgIpc) is 2.97. The van der Waals surface area contributed by atoms with Crippen LogP contribution in [0.2, 0.25) is 0 Å². The third-order valence-corrected chi connectivity index (χ3v) is 6.79. The van der Waals surface area contributed by atoms with Crippen LogP contribution in [-0.4, -0.2) is 54.2 Å². The van der Waals surface area contributed by atoms with Crippen LogP contribution in [0.3, 0.4) is 0 Å². The Kier molecular flexibility index (Phi) is 6.15. The molecule has 142 valence electrons. The van der Waals surface area contributed by atoms with Crippen molar-refractivity contribution < 1.29 is 9.59 Å². The van der Waals surface area contributed by atoms with Crippen molar-refractivity contribution in [1.82, 2.24) is 10.2 Å². The predicted octanol–water partition coefficient (Wildman–Crippen LogP) is 2.68. The molecule has 1 aromatic rings. The number of thioether (sulfide) groups is 1. The zero-order chi connectivity index (χ0) is 17.4. The molecule has 7 heteroatoms. The van der Waals surface area contributed by atoms with Crippen molar-refractivity contribution in [2.24, 2.45) is 0 Å². The van der Waals surface area contributed by atoms with E-state index in [0.29, 0.717) is 36.8 Å². The highest BCUT2D eigenvalue weighted by Gasteiger charge is 2.36. The van der Waals surface area contributed by atoms with Crippen molar-refractivity contribution in [3.63, 3.8) is 0 Å². The summed E-state index contributed by atoms with van der Waals surface area (Å²) in [5.41, 5.74) is 0.944. The van der Waals surface area contributed by atoms with E-state index in [9.17, 15) is 9.59 Å². The van der Waals surface area contributed by atoms with E-state index in [4.69, 9.17) is 0 Å². The number of hydrogen-bond acceptors (Lipinski definition) is 4. The zero-order valence-corrected chi connectivity index (χ0v) is 16.7. The lowest BCUT2D eigenvalue weighted by atomic mass is 9.98. The van der Waals surface area contributed by atoms with Gasteiger partial charge in [-0.1, -0.05) is 12.1 Å². The molecule has 4 rings (SSSR count). The number of nitrogens with one attached hydrogen (secondary N) is 1. The van der Waals surface area contributed by atoms with Gasteiger partial charge in [-0.2, -0.15) is 0 Å². The first-order chi connectivity index (χ1) is 12.1. The van der Waals surface area contributed by atoms with Crippen LogP contribution in [0, 0.1) is 0 Å². The molecule has 2 atom stereocenters. The third kappa shape index (κ3) is 3.87. The van der Waals surface area contributed by atoms with Gasteiger partial charge in [-0.3, -0.25) is 9.59 Å². The molecular weight excluding hydrogens is 370 g/mol. The third-order valence-electron chi connectivity index (χ3n) is 5.75. The summed E-state index contributed by atoms with van der Waals surface area (Å²) in [5, 5.41) is 3.62. The Morgan fingerprint density at radius 2 is 1.96 bits per heavy atom. The molecule has 2 saturated heterocycles. The van der Waals surface area contributed by atoms with Crippen molar-refractivity contribution >= 4 is 41.7 Å². The van der Waals surface area contributed by atoms with E-state index in [-0.39, 0.29) is 24.2 Å². The Labute approximate surface area is 165 Å². The Hall–Kier alpha value is -1.24. The molecule has 2 unspecified atom stereocenters. The van der Waals surface area contributed by atoms with Gasteiger partial charge < -0.3 is 15.1 Å². The summed E-state index contributed by atoms with van der Waals surface area (Å²) in [6.45, 7) is 0.470. The lowest BCUT2D eigenvalue weighted by molar-refractivity contribution is -0.132. The van der Waals surface area contributed by atoms with Crippen LogP contribution in [0.25, 0.3) is 0 Å². The van der Waals surface area contributed by atoms with Gasteiger partial charge in [0.05, 0.1) is 11.4 Å². The van der Waals surface area contributed by atoms with Crippen LogP contribution >= 0.6 is 24.2 Å². The molecule has 26 heavy (non-hydrogen) atoms. The number of halogens is 1. The fraction of sp³-hybridized carbons (Fsp3) is 0.579. The number of carbonyl (C=O) groups is 2. The summed E-state index contributed by atoms with van der Waals surface area (Å²) in [6, 6.07) is 9.44. The highest BCUT2D eigenvalue weighted by atomic mass is 35.5. The Morgan fingerprint density at radius 3 is 2.69 bits per heavy atom. The fourth-order valence-corrected chi connectivity index (χ4v) is 5.27. The van der Waals surface area contributed by atoms with Gasteiger partial charge in [-0.05, 0) is 37.8 Å². The molecular formula is C19H26ClN3O2S. The summed E-state index contributed by atoms with van der Waals surface area (Å²) in [6.07, 6.45) is 4.97. The largest absolute Gasteiger partial charge is 0.343 e. The number of rotatable bonds is 4. The molecule has 5 nitrogen and oxygen atoms in total. The molecule has 3 heterocycles. The number of benzene rings is 1. The van der Waals surface area contributed by atoms with Crippen LogP contribution in [0.5, 0.6) is 0 Å². The number of anilines is 1. The first kappa shape index (κ1) is 19.5. The summed E-state index contributed by atoms with van der Waals surface area (Å²) < 4.78 is 0. The number of amides is 2. The van der Waals surface area contributed by atoms with Gasteiger partial charge in [0.25, 0.3) is 0 Å². The van der Waals surface area contributed by atoms with Crippen molar-refractivity contribution in [3.8, 4) is 0 Å². The first-order valence-electron chi connectivity index (χ1n) is 9.15. The SMILES string of the molecule is CN(C(=O)CCN1C(=O)CSc2ccccc21)C1CC2CCC(C1)N2.Cl. The number of para-hydroxylation sites is 1. The van der Waals surface area contributed by atoms with E-state index >= 15 is 0 Å². The molecule has 2 amide bonds. The van der Waals surface area contributed by atoms with E-state index in [1.165, 1.54) is 12.8 Å². The minimum atomic E-state index is 0. The lowest BCUT2D eigenvalue weighted by Gasteiger charge is -2.36. The second-order valence-corrected chi connectivity index (χ2v) is 8.34. The van der Waals surface area contributed by atoms with Crippen LogP contribution in [-0.2, 0) is 9.59 Å². The standard InChI is InChI=1S/C19H25N3O2S.ClH/c1-21(15-10-13-6-7-14(11-15)20-13)18(23)8-9-22-16-4-2-3-5-17(16)25-12-19(22)24;/h2-5,13-15,20H,6-12H2,1H3;1H. The van der Waals surface area contributed by atoms with Crippen LogP contribution in [0.4, 0.5) is 5.69 Å². The summed E-state index contributed by atoms with van der Waals surface area (Å²) in [7, 11) is 1.93. The van der Waals surface area contributed by atoms with E-state index < -0.39 is 0 Å². The van der Waals surface area contributed by atoms with E-state index in [0.717, 1.165) is 23.4 Å². The minimum Gasteiger partial charge on any atom is -0.343 e. The number of hydrogen-bond donors (Lipinski definition) is 1. The van der Waals surface area contributed by atoms with Crippen molar-refractivity contribution in [2.45, 2.75) is 55.1 Å². The highest BCUT2D eigenvalue weighted by molar-refractivity contribution is 8.00. The molecule has 0 saturated carbocycles. The average molecular weight is 396 g/mol. The van der Waals surface area contributed by atoms with E-state index in [1.54, 1.807) is 16.7 Å². The van der Waals surface area contributed by atoms with Crippen molar-refractivity contribution in [3.05, 3.63) is 24.3 Å². The fourth-order valence-electron chi connectivity index (χ4n) is 4.33. The number of carbonyl (C=O) groups excluding carboxylic acids is 2. The van der Waals surface area contributed by atoms with Crippen LogP contribution in [0.15, 0.2) is 29.2 Å². The number of nitrogens with zero attached hydrogens (tertiary/aromatic N) is 2. The maximum atomic E-state index is 12.7. The summed E-state index contributed by atoms with van der Waals surface area (Å²) in [5.74, 6) is 0.701. The quantitative estimate of drug-likeness (QED) is 0.851. The van der Waals surface area contributed by atoms with Gasteiger partial charge in [0.15, 0.2) is 0 Å². The Bertz CT molecular complexity index is 675. The summed E-state index contributed by atoms with van der Waals surface area (Å²) in [4.78, 5) is 29.8. The van der Waals surface area contributed by atoms with Gasteiger partial charge in [0, 0.05) is 43.0 Å². The minimum absolute atomic E-state index is 0. The topological polar surface area (TPSA) is 52.7 Å². The van der Waals surface area contributed by atoms with Gasteiger partial charge in [-0.15, -0.1) is 24.2 Å². The van der Waals surface area contributed by atoms with Gasteiger partial charge >= 0.3 is 0 Å². The second-order valence-electron chi connectivity index (χ2n) is 7.32. The zero-order valence-electron chi connectivity index (χ0n) is 15.0. The number of piperidine rings is 1. The van der Waals surface area contributed by atoms with Gasteiger partial charge in [-0.25, -0.2) is 0 Å². The van der Waals surface area contributed by atoms with E-state index in [1.807, 2.05) is 36.2 Å². The second kappa shape index (κ2) is 8.19. The molecule has 3 aliphatic rings. The van der Waals surface area contributed by atoms with Gasteiger partial charge in [0.1, 0.15) is 0 Å². The molecule has 1 N–H and O–H groups in total. The Morgan fingerprint density at radius 1 is 1.27 bits per heavy atom. The molecule has 0 aromatic heterocycles. The normalized spacial score (nSPS) is 26.9. The van der Waals surface area contributed by atoms with E-state index in [2.05, 4.69) is 5.32 Å². The molecule has 0 aliphatic carbocycles. The van der Waals surface area contributed by atoms with Crippen LogP contribution < -0.4 is 10.2 Å². The first-order valence-corrected chi connectivity index (χ1v) is 10.1.